The van der Waals surface area contributed by atoms with Crippen molar-refractivity contribution in [2.45, 2.75) is 6.54 Å². The molecule has 0 fully saturated rings. The molecule has 5 nitrogen and oxygen atoms in total. The second-order valence-corrected chi connectivity index (χ2v) is 5.70. The zero-order chi connectivity index (χ0) is 15.1. The fraction of sp³-hybridized carbons (Fsp3) is 0.600. The molecule has 0 spiro atoms. The minimum atomic E-state index is 0.602. The van der Waals surface area contributed by atoms with Crippen molar-refractivity contribution in [1.82, 2.24) is 4.90 Å². The number of benzene rings is 1. The van der Waals surface area contributed by atoms with E-state index in [4.69, 9.17) is 18.9 Å². The van der Waals surface area contributed by atoms with Crippen LogP contribution in [0, 0.1) is 0 Å². The van der Waals surface area contributed by atoms with Gasteiger partial charge in [-0.1, -0.05) is 15.9 Å². The number of fused-ring (bicyclic) bond motifs is 1. The lowest BCUT2D eigenvalue weighted by Crippen LogP contribution is -2.30. The third kappa shape index (κ3) is 4.85. The molecule has 6 heteroatoms. The molecule has 1 aliphatic heterocycles. The number of nitrogens with zero attached hydrogens (tertiary/aromatic N) is 1. The smallest absolute Gasteiger partial charge is 0.162 e. The number of hydrogen-bond donors (Lipinski definition) is 0. The molecule has 1 aromatic carbocycles. The molecule has 1 aliphatic rings. The second kappa shape index (κ2) is 8.58. The number of methoxy groups -OCH3 is 2. The van der Waals surface area contributed by atoms with Gasteiger partial charge in [-0.05, 0) is 17.7 Å². The predicted octanol–water partition coefficient (Wildman–Crippen LogP) is 2.32. The van der Waals surface area contributed by atoms with Crippen molar-refractivity contribution in [3.8, 4) is 11.5 Å². The Balaban J connectivity index is 2.07. The zero-order valence-electron chi connectivity index (χ0n) is 12.6. The van der Waals surface area contributed by atoms with Crippen molar-refractivity contribution in [2.75, 3.05) is 53.7 Å². The van der Waals surface area contributed by atoms with Crippen LogP contribution < -0.4 is 9.47 Å². The minimum absolute atomic E-state index is 0.602. The molecule has 1 aromatic rings. The van der Waals surface area contributed by atoms with Crippen molar-refractivity contribution < 1.29 is 18.9 Å². The summed E-state index contributed by atoms with van der Waals surface area (Å²) in [5.74, 6) is 1.62. The highest BCUT2D eigenvalue weighted by atomic mass is 79.9. The molecule has 21 heavy (non-hydrogen) atoms. The van der Waals surface area contributed by atoms with Gasteiger partial charge in [0.1, 0.15) is 13.2 Å². The van der Waals surface area contributed by atoms with Gasteiger partial charge >= 0.3 is 0 Å². The van der Waals surface area contributed by atoms with Gasteiger partial charge in [-0.25, -0.2) is 0 Å². The largest absolute Gasteiger partial charge is 0.486 e. The molecule has 0 aliphatic carbocycles. The number of hydrogen-bond acceptors (Lipinski definition) is 5. The molecule has 0 unspecified atom stereocenters. The molecule has 0 saturated heterocycles. The van der Waals surface area contributed by atoms with Gasteiger partial charge < -0.3 is 18.9 Å². The summed E-state index contributed by atoms with van der Waals surface area (Å²) in [5, 5.41) is 0. The Kier molecular flexibility index (Phi) is 6.76. The molecular formula is C15H22BrNO4. The van der Waals surface area contributed by atoms with Crippen molar-refractivity contribution in [3.63, 3.8) is 0 Å². The first-order chi connectivity index (χ1) is 10.2. The lowest BCUT2D eigenvalue weighted by Gasteiger charge is -2.24. The summed E-state index contributed by atoms with van der Waals surface area (Å²) in [4.78, 5) is 2.29. The zero-order valence-corrected chi connectivity index (χ0v) is 14.1. The second-order valence-electron chi connectivity index (χ2n) is 4.85. The predicted molar refractivity (Wildman–Crippen MR) is 84.2 cm³/mol. The van der Waals surface area contributed by atoms with Crippen LogP contribution in [0.5, 0.6) is 11.5 Å². The number of ether oxygens (including phenoxy) is 4. The van der Waals surface area contributed by atoms with E-state index in [0.29, 0.717) is 26.4 Å². The molecule has 0 bridgehead atoms. The summed E-state index contributed by atoms with van der Waals surface area (Å²) in [6, 6.07) is 4.03. The van der Waals surface area contributed by atoms with Crippen LogP contribution in [0.4, 0.5) is 0 Å². The van der Waals surface area contributed by atoms with Crippen LogP contribution in [-0.2, 0) is 16.0 Å². The molecule has 0 atom stereocenters. The average Bonchev–Trinajstić information content (AvgIpc) is 2.50. The van der Waals surface area contributed by atoms with Crippen LogP contribution in [0.1, 0.15) is 5.56 Å². The van der Waals surface area contributed by atoms with Crippen molar-refractivity contribution in [1.29, 1.82) is 0 Å². The highest BCUT2D eigenvalue weighted by molar-refractivity contribution is 9.10. The van der Waals surface area contributed by atoms with E-state index >= 15 is 0 Å². The molecule has 118 valence electrons. The Morgan fingerprint density at radius 3 is 2.19 bits per heavy atom. The Hall–Kier alpha value is -0.820. The van der Waals surface area contributed by atoms with Gasteiger partial charge in [0.25, 0.3) is 0 Å². The minimum Gasteiger partial charge on any atom is -0.486 e. The molecule has 2 rings (SSSR count). The molecule has 0 radical (unpaired) electrons. The van der Waals surface area contributed by atoms with Crippen LogP contribution >= 0.6 is 15.9 Å². The van der Waals surface area contributed by atoms with Gasteiger partial charge in [0.2, 0.25) is 0 Å². The van der Waals surface area contributed by atoms with Crippen molar-refractivity contribution in [3.05, 3.63) is 22.2 Å². The Bertz CT molecular complexity index is 448. The van der Waals surface area contributed by atoms with Crippen LogP contribution in [0.25, 0.3) is 0 Å². The van der Waals surface area contributed by atoms with Crippen molar-refractivity contribution in [2.24, 2.45) is 0 Å². The summed E-state index contributed by atoms with van der Waals surface area (Å²) in [6.45, 7) is 5.14. The monoisotopic (exact) mass is 359 g/mol. The van der Waals surface area contributed by atoms with Crippen molar-refractivity contribution >= 4 is 15.9 Å². The van der Waals surface area contributed by atoms with E-state index < -0.39 is 0 Å². The average molecular weight is 360 g/mol. The fourth-order valence-electron chi connectivity index (χ4n) is 2.18. The van der Waals surface area contributed by atoms with Gasteiger partial charge in [-0.2, -0.15) is 0 Å². The highest BCUT2D eigenvalue weighted by Crippen LogP contribution is 2.35. The first-order valence-corrected chi connectivity index (χ1v) is 7.82. The normalized spacial score (nSPS) is 13.7. The number of rotatable bonds is 8. The fourth-order valence-corrected chi connectivity index (χ4v) is 2.63. The lowest BCUT2D eigenvalue weighted by molar-refractivity contribution is 0.110. The third-order valence-electron chi connectivity index (χ3n) is 3.33. The van der Waals surface area contributed by atoms with Crippen LogP contribution in [0.15, 0.2) is 16.6 Å². The summed E-state index contributed by atoms with van der Waals surface area (Å²) >= 11 is 3.62. The third-order valence-corrected chi connectivity index (χ3v) is 4.07. The maximum Gasteiger partial charge on any atom is 0.162 e. The van der Waals surface area contributed by atoms with E-state index in [0.717, 1.165) is 35.6 Å². The van der Waals surface area contributed by atoms with E-state index in [-0.39, 0.29) is 0 Å². The molecule has 1 heterocycles. The first-order valence-electron chi connectivity index (χ1n) is 7.03. The summed E-state index contributed by atoms with van der Waals surface area (Å²) in [5.41, 5.74) is 1.17. The summed E-state index contributed by atoms with van der Waals surface area (Å²) < 4.78 is 22.6. The molecular weight excluding hydrogens is 338 g/mol. The van der Waals surface area contributed by atoms with E-state index in [9.17, 15) is 0 Å². The number of halogens is 1. The first kappa shape index (κ1) is 16.5. The molecule has 0 N–H and O–H groups in total. The Morgan fingerprint density at radius 2 is 1.62 bits per heavy atom. The van der Waals surface area contributed by atoms with Gasteiger partial charge in [0.15, 0.2) is 11.5 Å². The highest BCUT2D eigenvalue weighted by Gasteiger charge is 2.16. The van der Waals surface area contributed by atoms with Crippen LogP contribution in [0.2, 0.25) is 0 Å². The Morgan fingerprint density at radius 1 is 1.05 bits per heavy atom. The Labute approximate surface area is 134 Å². The SMILES string of the molecule is COCCN(CCOC)Cc1cc2c(cc1Br)OCCO2. The van der Waals surface area contributed by atoms with Crippen LogP contribution in [0.3, 0.4) is 0 Å². The standard InChI is InChI=1S/C15H22BrNO4/c1-18-5-3-17(4-6-19-2)11-12-9-14-15(10-13(12)16)21-8-7-20-14/h9-10H,3-8,11H2,1-2H3. The topological polar surface area (TPSA) is 40.2 Å². The van der Waals surface area contributed by atoms with Gasteiger partial charge in [-0.15, -0.1) is 0 Å². The maximum atomic E-state index is 5.65. The maximum absolute atomic E-state index is 5.65. The molecule has 0 amide bonds. The molecule has 0 saturated carbocycles. The van der Waals surface area contributed by atoms with E-state index in [1.165, 1.54) is 5.56 Å². The summed E-state index contributed by atoms with van der Waals surface area (Å²) in [6.07, 6.45) is 0. The van der Waals surface area contributed by atoms with E-state index in [1.807, 2.05) is 12.1 Å². The van der Waals surface area contributed by atoms with E-state index in [1.54, 1.807) is 14.2 Å². The molecule has 0 aromatic heterocycles. The van der Waals surface area contributed by atoms with Crippen LogP contribution in [-0.4, -0.2) is 58.6 Å². The lowest BCUT2D eigenvalue weighted by atomic mass is 10.1. The van der Waals surface area contributed by atoms with Gasteiger partial charge in [0.05, 0.1) is 13.2 Å². The van der Waals surface area contributed by atoms with E-state index in [2.05, 4.69) is 20.8 Å². The van der Waals surface area contributed by atoms with Gasteiger partial charge in [-0.3, -0.25) is 4.90 Å². The summed E-state index contributed by atoms with van der Waals surface area (Å²) in [7, 11) is 3.43. The quantitative estimate of drug-likeness (QED) is 0.712. The van der Waals surface area contributed by atoms with Gasteiger partial charge in [0, 0.05) is 38.3 Å².